The summed E-state index contributed by atoms with van der Waals surface area (Å²) >= 11 is 0. The van der Waals surface area contributed by atoms with Gasteiger partial charge in [-0.25, -0.2) is 0 Å². The highest BCUT2D eigenvalue weighted by Crippen LogP contribution is 2.23. The molecule has 0 bridgehead atoms. The van der Waals surface area contributed by atoms with Gasteiger partial charge in [0, 0.05) is 38.9 Å². The summed E-state index contributed by atoms with van der Waals surface area (Å²) in [4.78, 5) is 19.3. The zero-order valence-corrected chi connectivity index (χ0v) is 14.9. The molecule has 24 heavy (non-hydrogen) atoms. The van der Waals surface area contributed by atoms with Crippen LogP contribution in [0.4, 0.5) is 5.69 Å². The molecule has 2 aromatic carbocycles. The number of nitrogens with zero attached hydrogens (tertiary/aromatic N) is 3. The van der Waals surface area contributed by atoms with Crippen molar-refractivity contribution >= 4 is 22.4 Å². The average molecular weight is 325 g/mol. The number of piperazine rings is 1. The van der Waals surface area contributed by atoms with Crippen LogP contribution in [0, 0.1) is 0 Å². The molecule has 1 aliphatic rings. The first-order valence-corrected chi connectivity index (χ1v) is 8.83. The highest BCUT2D eigenvalue weighted by Gasteiger charge is 2.26. The molecule has 4 heteroatoms. The van der Waals surface area contributed by atoms with Crippen molar-refractivity contribution in [3.8, 4) is 0 Å². The fourth-order valence-electron chi connectivity index (χ4n) is 3.33. The van der Waals surface area contributed by atoms with Crippen molar-refractivity contribution in [1.29, 1.82) is 0 Å². The summed E-state index contributed by atoms with van der Waals surface area (Å²) < 4.78 is 0. The zero-order chi connectivity index (χ0) is 17.1. The topological polar surface area (TPSA) is 26.8 Å². The van der Waals surface area contributed by atoms with Gasteiger partial charge in [0.2, 0.25) is 5.91 Å². The van der Waals surface area contributed by atoms with Crippen LogP contribution in [0.3, 0.4) is 0 Å². The molecule has 2 aromatic rings. The quantitative estimate of drug-likeness (QED) is 0.865. The monoisotopic (exact) mass is 325 g/mol. The van der Waals surface area contributed by atoms with Crippen molar-refractivity contribution in [1.82, 2.24) is 9.80 Å². The number of rotatable bonds is 4. The zero-order valence-electron chi connectivity index (χ0n) is 14.9. The van der Waals surface area contributed by atoms with E-state index in [1.807, 2.05) is 31.0 Å². The van der Waals surface area contributed by atoms with E-state index in [-0.39, 0.29) is 11.9 Å². The van der Waals surface area contributed by atoms with E-state index < -0.39 is 0 Å². The van der Waals surface area contributed by atoms with Crippen LogP contribution in [0.2, 0.25) is 0 Å². The van der Waals surface area contributed by atoms with Crippen molar-refractivity contribution < 1.29 is 4.79 Å². The number of fused-ring (bicyclic) bond motifs is 1. The number of carbonyl (C=O) groups excluding carboxylic acids is 1. The lowest BCUT2D eigenvalue weighted by atomic mass is 10.1. The second-order valence-corrected chi connectivity index (χ2v) is 6.58. The Labute approximate surface area is 144 Å². The Kier molecular flexibility index (Phi) is 5.05. The van der Waals surface area contributed by atoms with Crippen molar-refractivity contribution in [3.05, 3.63) is 42.5 Å². The number of hydrogen-bond acceptors (Lipinski definition) is 3. The van der Waals surface area contributed by atoms with E-state index in [1.54, 1.807) is 0 Å². The lowest BCUT2D eigenvalue weighted by Gasteiger charge is -2.37. The maximum absolute atomic E-state index is 12.8. The average Bonchev–Trinajstić information content (AvgIpc) is 2.66. The van der Waals surface area contributed by atoms with Crippen LogP contribution in [0.1, 0.15) is 13.8 Å². The molecular weight excluding hydrogens is 298 g/mol. The van der Waals surface area contributed by atoms with Gasteiger partial charge in [0.05, 0.1) is 0 Å². The predicted octanol–water partition coefficient (Wildman–Crippen LogP) is 2.83. The normalized spacial score (nSPS) is 17.0. The summed E-state index contributed by atoms with van der Waals surface area (Å²) in [5.41, 5.74) is 1.08. The maximum atomic E-state index is 12.8. The van der Waals surface area contributed by atoms with Crippen LogP contribution in [-0.2, 0) is 4.79 Å². The highest BCUT2D eigenvalue weighted by molar-refractivity contribution is 5.88. The van der Waals surface area contributed by atoms with Gasteiger partial charge in [-0.3, -0.25) is 4.79 Å². The molecule has 0 aliphatic carbocycles. The summed E-state index contributed by atoms with van der Waals surface area (Å²) in [5, 5.41) is 2.43. The molecule has 3 rings (SSSR count). The fraction of sp³-hybridized carbons (Fsp3) is 0.450. The highest BCUT2D eigenvalue weighted by atomic mass is 16.2. The van der Waals surface area contributed by atoms with Crippen LogP contribution >= 0.6 is 0 Å². The van der Waals surface area contributed by atoms with Gasteiger partial charge in [-0.05, 0) is 36.4 Å². The molecule has 0 radical (unpaired) electrons. The summed E-state index contributed by atoms with van der Waals surface area (Å²) in [6.45, 7) is 8.88. The van der Waals surface area contributed by atoms with Crippen molar-refractivity contribution in [2.24, 2.45) is 0 Å². The number of carbonyl (C=O) groups is 1. The molecule has 1 atom stereocenters. The molecule has 1 amide bonds. The standard InChI is InChI=1S/C20H27N3O/c1-4-22-11-13-23(14-12-22)20(24)16(2)21(3)19-10-9-17-7-5-6-8-18(17)15-19/h5-10,15-16H,4,11-14H2,1-3H3/t16-/m0/s1. The van der Waals surface area contributed by atoms with Crippen LogP contribution < -0.4 is 4.90 Å². The van der Waals surface area contributed by atoms with Gasteiger partial charge in [-0.2, -0.15) is 0 Å². The largest absolute Gasteiger partial charge is 0.363 e. The van der Waals surface area contributed by atoms with Crippen molar-refractivity contribution in [3.63, 3.8) is 0 Å². The smallest absolute Gasteiger partial charge is 0.245 e. The van der Waals surface area contributed by atoms with E-state index in [0.717, 1.165) is 38.4 Å². The van der Waals surface area contributed by atoms with Crippen LogP contribution in [0.25, 0.3) is 10.8 Å². The molecule has 1 heterocycles. The fourth-order valence-corrected chi connectivity index (χ4v) is 3.33. The number of amides is 1. The number of benzene rings is 2. The van der Waals surface area contributed by atoms with Gasteiger partial charge in [-0.1, -0.05) is 37.3 Å². The van der Waals surface area contributed by atoms with E-state index in [9.17, 15) is 4.79 Å². The summed E-state index contributed by atoms with van der Waals surface area (Å²) in [7, 11) is 2.01. The third-order valence-corrected chi connectivity index (χ3v) is 5.21. The molecule has 1 aliphatic heterocycles. The molecule has 0 aromatic heterocycles. The van der Waals surface area contributed by atoms with Gasteiger partial charge in [0.15, 0.2) is 0 Å². The van der Waals surface area contributed by atoms with Crippen LogP contribution in [0.5, 0.6) is 0 Å². The minimum absolute atomic E-state index is 0.153. The lowest BCUT2D eigenvalue weighted by molar-refractivity contribution is -0.133. The van der Waals surface area contributed by atoms with Gasteiger partial charge in [-0.15, -0.1) is 0 Å². The Morgan fingerprint density at radius 2 is 1.75 bits per heavy atom. The SMILES string of the molecule is CCN1CCN(C(=O)[C@H](C)N(C)c2ccc3ccccc3c2)CC1. The minimum Gasteiger partial charge on any atom is -0.363 e. The van der Waals surface area contributed by atoms with Gasteiger partial charge >= 0.3 is 0 Å². The van der Waals surface area contributed by atoms with Crippen molar-refractivity contribution in [2.75, 3.05) is 44.7 Å². The van der Waals surface area contributed by atoms with E-state index in [4.69, 9.17) is 0 Å². The number of anilines is 1. The van der Waals surface area contributed by atoms with E-state index in [1.165, 1.54) is 10.8 Å². The van der Waals surface area contributed by atoms with E-state index in [0.29, 0.717) is 0 Å². The lowest BCUT2D eigenvalue weighted by Crippen LogP contribution is -2.53. The Bertz CT molecular complexity index is 707. The van der Waals surface area contributed by atoms with Gasteiger partial charge in [0.25, 0.3) is 0 Å². The van der Waals surface area contributed by atoms with Gasteiger partial charge in [0.1, 0.15) is 6.04 Å². The maximum Gasteiger partial charge on any atom is 0.245 e. The molecular formula is C20H27N3O. The second-order valence-electron chi connectivity index (χ2n) is 6.58. The van der Waals surface area contributed by atoms with Gasteiger partial charge < -0.3 is 14.7 Å². The molecule has 4 nitrogen and oxygen atoms in total. The third kappa shape index (κ3) is 3.39. The second kappa shape index (κ2) is 7.22. The summed E-state index contributed by atoms with van der Waals surface area (Å²) in [5.74, 6) is 0.224. The Morgan fingerprint density at radius 3 is 2.42 bits per heavy atom. The first kappa shape index (κ1) is 16.8. The van der Waals surface area contributed by atoms with Crippen LogP contribution in [0.15, 0.2) is 42.5 Å². The van der Waals surface area contributed by atoms with Crippen molar-refractivity contribution in [2.45, 2.75) is 19.9 Å². The van der Waals surface area contributed by atoms with E-state index in [2.05, 4.69) is 47.1 Å². The number of likely N-dealkylation sites (N-methyl/N-ethyl adjacent to an activating group) is 2. The Hall–Kier alpha value is -2.07. The summed E-state index contributed by atoms with van der Waals surface area (Å²) in [6.07, 6.45) is 0. The predicted molar refractivity (Wildman–Crippen MR) is 101 cm³/mol. The molecule has 128 valence electrons. The number of hydrogen-bond donors (Lipinski definition) is 0. The Balaban J connectivity index is 1.71. The molecule has 1 fully saturated rings. The molecule has 1 saturated heterocycles. The molecule has 0 N–H and O–H groups in total. The molecule has 0 spiro atoms. The Morgan fingerprint density at radius 1 is 1.08 bits per heavy atom. The first-order valence-electron chi connectivity index (χ1n) is 8.83. The minimum atomic E-state index is -0.153. The van der Waals surface area contributed by atoms with E-state index >= 15 is 0 Å². The van der Waals surface area contributed by atoms with Crippen LogP contribution in [-0.4, -0.2) is 61.5 Å². The molecule has 0 saturated carbocycles. The summed E-state index contributed by atoms with van der Waals surface area (Å²) in [6, 6.07) is 14.6. The molecule has 0 unspecified atom stereocenters. The first-order chi connectivity index (χ1) is 11.6. The third-order valence-electron chi connectivity index (χ3n) is 5.21.